The highest BCUT2D eigenvalue weighted by Gasteiger charge is 2.20. The van der Waals surface area contributed by atoms with E-state index < -0.39 is 0 Å². The predicted molar refractivity (Wildman–Crippen MR) is 93.6 cm³/mol. The highest BCUT2D eigenvalue weighted by atomic mass is 32.1. The third-order valence-corrected chi connectivity index (χ3v) is 4.87. The second kappa shape index (κ2) is 7.77. The number of carbonyl (C=O) groups excluding carboxylic acids is 1. The fraction of sp³-hybridized carbons (Fsp3) is 0.444. The Hall–Kier alpha value is -1.92. The Balaban J connectivity index is 1.66. The van der Waals surface area contributed by atoms with Crippen molar-refractivity contribution in [3.8, 4) is 5.75 Å². The Bertz CT molecular complexity index is 695. The average Bonchev–Trinajstić information content (AvgIpc) is 3.24. The first-order valence-electron chi connectivity index (χ1n) is 8.13. The molecule has 0 radical (unpaired) electrons. The van der Waals surface area contributed by atoms with Crippen molar-refractivity contribution in [2.45, 2.75) is 32.4 Å². The molecule has 1 atom stereocenters. The third-order valence-electron chi connectivity index (χ3n) is 3.98. The van der Waals surface area contributed by atoms with Crippen molar-refractivity contribution >= 4 is 17.2 Å². The van der Waals surface area contributed by atoms with Crippen LogP contribution in [0.1, 0.15) is 33.1 Å². The number of para-hydroxylation sites is 1. The minimum atomic E-state index is -0.0519. The highest BCUT2D eigenvalue weighted by molar-refractivity contribution is 7.11. The third kappa shape index (κ3) is 4.13. The van der Waals surface area contributed by atoms with Gasteiger partial charge in [-0.1, -0.05) is 12.1 Å². The maximum Gasteiger partial charge on any atom is 0.257 e. The van der Waals surface area contributed by atoms with Crippen LogP contribution in [0.5, 0.6) is 5.75 Å². The second-order valence-corrected chi connectivity index (χ2v) is 7.27. The van der Waals surface area contributed by atoms with Gasteiger partial charge in [0.25, 0.3) is 5.91 Å². The molecule has 0 spiro atoms. The van der Waals surface area contributed by atoms with E-state index in [0.29, 0.717) is 24.5 Å². The normalized spacial score (nSPS) is 17.0. The largest absolute Gasteiger partial charge is 0.490 e. The van der Waals surface area contributed by atoms with Gasteiger partial charge in [-0.3, -0.25) is 4.79 Å². The number of hydrogen-bond donors (Lipinski definition) is 0. The summed E-state index contributed by atoms with van der Waals surface area (Å²) in [4.78, 5) is 19.8. The molecule has 1 unspecified atom stereocenters. The van der Waals surface area contributed by atoms with Gasteiger partial charge in [-0.25, -0.2) is 4.98 Å². The standard InChI is InChI=1S/C18H22N2O3S/c1-13-19-10-15(24-13)11-20(2)18(21)16-7-3-4-8-17(16)23-12-14-6-5-9-22-14/h3-4,7-8,10,14H,5-6,9,11-12H2,1-2H3. The van der Waals surface area contributed by atoms with Gasteiger partial charge in [0.2, 0.25) is 0 Å². The zero-order valence-electron chi connectivity index (χ0n) is 14.0. The van der Waals surface area contributed by atoms with Crippen molar-refractivity contribution in [1.82, 2.24) is 9.88 Å². The summed E-state index contributed by atoms with van der Waals surface area (Å²) >= 11 is 1.61. The van der Waals surface area contributed by atoms with Crippen LogP contribution in [0.4, 0.5) is 0 Å². The molecule has 1 saturated heterocycles. The molecule has 0 aliphatic carbocycles. The van der Waals surface area contributed by atoms with Crippen LogP contribution >= 0.6 is 11.3 Å². The first-order valence-corrected chi connectivity index (χ1v) is 8.95. The number of hydrogen-bond acceptors (Lipinski definition) is 5. The minimum Gasteiger partial charge on any atom is -0.490 e. The van der Waals surface area contributed by atoms with E-state index in [-0.39, 0.29) is 12.0 Å². The molecule has 1 aromatic heterocycles. The van der Waals surface area contributed by atoms with Gasteiger partial charge in [0.1, 0.15) is 12.4 Å². The zero-order valence-corrected chi connectivity index (χ0v) is 14.8. The molecule has 0 saturated carbocycles. The Morgan fingerprint density at radius 1 is 1.46 bits per heavy atom. The summed E-state index contributed by atoms with van der Waals surface area (Å²) < 4.78 is 11.4. The van der Waals surface area contributed by atoms with Crippen LogP contribution in [-0.2, 0) is 11.3 Å². The van der Waals surface area contributed by atoms with E-state index in [0.717, 1.165) is 29.3 Å². The van der Waals surface area contributed by atoms with E-state index in [1.807, 2.05) is 37.4 Å². The van der Waals surface area contributed by atoms with Crippen molar-refractivity contribution in [3.63, 3.8) is 0 Å². The Kier molecular flexibility index (Phi) is 5.48. The van der Waals surface area contributed by atoms with Crippen LogP contribution in [0.2, 0.25) is 0 Å². The maximum atomic E-state index is 12.8. The second-order valence-electron chi connectivity index (χ2n) is 5.95. The van der Waals surface area contributed by atoms with Crippen molar-refractivity contribution < 1.29 is 14.3 Å². The number of benzene rings is 1. The summed E-state index contributed by atoms with van der Waals surface area (Å²) in [6.07, 6.45) is 4.04. The molecular formula is C18H22N2O3S. The van der Waals surface area contributed by atoms with Crippen molar-refractivity contribution in [3.05, 3.63) is 45.9 Å². The maximum absolute atomic E-state index is 12.8. The number of nitrogens with zero attached hydrogens (tertiary/aromatic N) is 2. The first kappa shape index (κ1) is 16.9. The van der Waals surface area contributed by atoms with E-state index in [4.69, 9.17) is 9.47 Å². The number of thiazole rings is 1. The highest BCUT2D eigenvalue weighted by Crippen LogP contribution is 2.23. The van der Waals surface area contributed by atoms with Crippen molar-refractivity contribution in [1.29, 1.82) is 0 Å². The van der Waals surface area contributed by atoms with Crippen molar-refractivity contribution in [2.75, 3.05) is 20.3 Å². The van der Waals surface area contributed by atoms with Gasteiger partial charge in [-0.2, -0.15) is 0 Å². The van der Waals surface area contributed by atoms with Gasteiger partial charge in [-0.05, 0) is 31.9 Å². The van der Waals surface area contributed by atoms with Crippen molar-refractivity contribution in [2.24, 2.45) is 0 Å². The SMILES string of the molecule is Cc1ncc(CN(C)C(=O)c2ccccc2OCC2CCCO2)s1. The van der Waals surface area contributed by atoms with E-state index in [9.17, 15) is 4.79 Å². The van der Waals surface area contributed by atoms with Gasteiger partial charge < -0.3 is 14.4 Å². The first-order chi connectivity index (χ1) is 11.6. The lowest BCUT2D eigenvalue weighted by Crippen LogP contribution is -2.27. The average molecular weight is 346 g/mol. The van der Waals surface area contributed by atoms with Gasteiger partial charge in [-0.15, -0.1) is 11.3 Å². The fourth-order valence-electron chi connectivity index (χ4n) is 2.72. The number of carbonyl (C=O) groups is 1. The quantitative estimate of drug-likeness (QED) is 0.805. The molecule has 2 heterocycles. The lowest BCUT2D eigenvalue weighted by atomic mass is 10.1. The monoisotopic (exact) mass is 346 g/mol. The minimum absolute atomic E-state index is 0.0519. The summed E-state index contributed by atoms with van der Waals surface area (Å²) in [5, 5.41) is 1.01. The molecule has 5 nitrogen and oxygen atoms in total. The predicted octanol–water partition coefficient (Wildman–Crippen LogP) is 3.28. The molecule has 1 amide bonds. The molecule has 0 bridgehead atoms. The van der Waals surface area contributed by atoms with E-state index in [2.05, 4.69) is 4.98 Å². The zero-order chi connectivity index (χ0) is 16.9. The number of amides is 1. The summed E-state index contributed by atoms with van der Waals surface area (Å²) in [5.74, 6) is 0.564. The fourth-order valence-corrected chi connectivity index (χ4v) is 3.57. The molecule has 1 aromatic carbocycles. The Labute approximate surface area is 146 Å². The van der Waals surface area contributed by atoms with E-state index in [1.165, 1.54) is 0 Å². The molecule has 3 rings (SSSR count). The van der Waals surface area contributed by atoms with Crippen LogP contribution in [0, 0.1) is 6.92 Å². The van der Waals surface area contributed by atoms with Gasteiger partial charge in [0.15, 0.2) is 0 Å². The topological polar surface area (TPSA) is 51.7 Å². The number of aromatic nitrogens is 1. The summed E-state index contributed by atoms with van der Waals surface area (Å²) in [5.41, 5.74) is 0.583. The summed E-state index contributed by atoms with van der Waals surface area (Å²) in [6.45, 7) is 3.79. The van der Waals surface area contributed by atoms with Gasteiger partial charge in [0.05, 0.1) is 23.2 Å². The van der Waals surface area contributed by atoms with Crippen LogP contribution in [0.25, 0.3) is 0 Å². The summed E-state index contributed by atoms with van der Waals surface area (Å²) in [6, 6.07) is 7.39. The number of ether oxygens (including phenoxy) is 2. The lowest BCUT2D eigenvalue weighted by Gasteiger charge is -2.19. The lowest BCUT2D eigenvalue weighted by molar-refractivity contribution is 0.0656. The molecular weight excluding hydrogens is 324 g/mol. The number of aryl methyl sites for hydroxylation is 1. The van der Waals surface area contributed by atoms with Crippen LogP contribution < -0.4 is 4.74 Å². The van der Waals surface area contributed by atoms with E-state index in [1.54, 1.807) is 23.3 Å². The van der Waals surface area contributed by atoms with Gasteiger partial charge >= 0.3 is 0 Å². The van der Waals surface area contributed by atoms with Gasteiger partial charge in [0, 0.05) is 24.7 Å². The molecule has 1 aliphatic heterocycles. The smallest absolute Gasteiger partial charge is 0.257 e. The summed E-state index contributed by atoms with van der Waals surface area (Å²) in [7, 11) is 1.80. The van der Waals surface area contributed by atoms with Crippen LogP contribution in [0.3, 0.4) is 0 Å². The van der Waals surface area contributed by atoms with Crippen LogP contribution in [0.15, 0.2) is 30.5 Å². The molecule has 2 aromatic rings. The molecule has 128 valence electrons. The molecule has 1 fully saturated rings. The Morgan fingerprint density at radius 2 is 2.29 bits per heavy atom. The Morgan fingerprint density at radius 3 is 3.00 bits per heavy atom. The molecule has 6 heteroatoms. The van der Waals surface area contributed by atoms with Crippen LogP contribution in [-0.4, -0.2) is 42.2 Å². The molecule has 1 aliphatic rings. The molecule has 0 N–H and O–H groups in total. The molecule has 24 heavy (non-hydrogen) atoms. The van der Waals surface area contributed by atoms with E-state index >= 15 is 0 Å². The number of rotatable bonds is 6.